The van der Waals surface area contributed by atoms with Gasteiger partial charge in [0.1, 0.15) is 36.8 Å². The molecule has 4 aromatic rings. The monoisotopic (exact) mass is 508 g/mol. The van der Waals surface area contributed by atoms with Crippen LogP contribution >= 0.6 is 0 Å². The van der Waals surface area contributed by atoms with E-state index >= 15 is 0 Å². The highest BCUT2D eigenvalue weighted by atomic mass is 16.6. The Bertz CT molecular complexity index is 1550. The van der Waals surface area contributed by atoms with Crippen molar-refractivity contribution in [1.82, 2.24) is 19.3 Å². The van der Waals surface area contributed by atoms with Gasteiger partial charge in [-0.1, -0.05) is 12.1 Å². The highest BCUT2D eigenvalue weighted by Gasteiger charge is 2.28. The minimum atomic E-state index is -0.493. The van der Waals surface area contributed by atoms with Gasteiger partial charge < -0.3 is 14.0 Å². The van der Waals surface area contributed by atoms with E-state index in [2.05, 4.69) is 26.0 Å². The molecule has 0 unspecified atom stereocenters. The average Bonchev–Trinajstić information content (AvgIpc) is 3.53. The molecule has 0 saturated heterocycles. The number of carbonyl (C=O) groups excluding carboxylic acids is 1. The number of fused-ring (bicyclic) bond motifs is 1. The third-order valence-electron chi connectivity index (χ3n) is 7.23. The lowest BCUT2D eigenvalue weighted by molar-refractivity contribution is 0.191. The van der Waals surface area contributed by atoms with Crippen LogP contribution in [0.15, 0.2) is 66.5 Å². The predicted molar refractivity (Wildman–Crippen MR) is 143 cm³/mol. The van der Waals surface area contributed by atoms with Crippen LogP contribution in [0.25, 0.3) is 22.2 Å². The molecule has 2 fully saturated rings. The molecule has 0 radical (unpaired) electrons. The van der Waals surface area contributed by atoms with Crippen LogP contribution in [0.3, 0.4) is 0 Å². The van der Waals surface area contributed by atoms with Crippen molar-refractivity contribution < 1.29 is 14.3 Å². The molecule has 2 aromatic carbocycles. The number of benzene rings is 2. The maximum absolute atomic E-state index is 12.3. The van der Waals surface area contributed by atoms with Crippen LogP contribution in [0.2, 0.25) is 0 Å². The van der Waals surface area contributed by atoms with Gasteiger partial charge >= 0.3 is 6.09 Å². The third-order valence-corrected chi connectivity index (χ3v) is 7.23. The van der Waals surface area contributed by atoms with Gasteiger partial charge in [0, 0.05) is 23.2 Å². The van der Waals surface area contributed by atoms with Gasteiger partial charge in [0.25, 0.3) is 0 Å². The summed E-state index contributed by atoms with van der Waals surface area (Å²) in [6, 6.07) is 16.3. The molecule has 2 aliphatic carbocycles. The first-order valence-electron chi connectivity index (χ1n) is 12.9. The van der Waals surface area contributed by atoms with Gasteiger partial charge in [-0.3, -0.25) is 5.32 Å². The summed E-state index contributed by atoms with van der Waals surface area (Å²) in [5, 5.41) is 18.0. The molecule has 2 heterocycles. The minimum Gasteiger partial charge on any atom is -0.492 e. The third kappa shape index (κ3) is 4.73. The van der Waals surface area contributed by atoms with Crippen LogP contribution in [0.1, 0.15) is 50.6 Å². The molecule has 0 bridgehead atoms. The summed E-state index contributed by atoms with van der Waals surface area (Å²) in [6.45, 7) is 2.88. The number of allylic oxidation sites excluding steroid dienone is 2. The number of hydrogen-bond acceptors (Lipinski definition) is 6. The Hall–Kier alpha value is -4.58. The topological polar surface area (TPSA) is 107 Å². The van der Waals surface area contributed by atoms with E-state index in [4.69, 9.17) is 9.47 Å². The first-order valence-corrected chi connectivity index (χ1v) is 12.9. The van der Waals surface area contributed by atoms with E-state index in [0.717, 1.165) is 53.6 Å². The van der Waals surface area contributed by atoms with Crippen molar-refractivity contribution in [2.75, 3.05) is 11.9 Å². The minimum absolute atomic E-state index is 0.325. The van der Waals surface area contributed by atoms with E-state index in [0.29, 0.717) is 36.2 Å². The molecule has 1 amide bonds. The lowest BCUT2D eigenvalue weighted by Gasteiger charge is -2.30. The second kappa shape index (κ2) is 10.1. The standard InChI is InChI=1S/C29H28N6O3/c1-19(20-5-6-20)38-29(36)33-22-9-7-21(8-10-22)28-26(16-30)25-12-11-24(37-14-13-34-18-31-17-32-34)15-27(25)35(28)23-3-2-4-23/h7-12,15,17-18,23H,2-6,13-14H2,1H3,(H,33,36). The fraction of sp³-hybridized carbons (Fsp3) is 0.310. The van der Waals surface area contributed by atoms with Crippen LogP contribution in [-0.2, 0) is 11.3 Å². The van der Waals surface area contributed by atoms with Crippen LogP contribution < -0.4 is 10.1 Å². The first kappa shape index (κ1) is 23.8. The van der Waals surface area contributed by atoms with E-state index in [1.54, 1.807) is 11.0 Å². The molecule has 1 N–H and O–H groups in total. The highest BCUT2D eigenvalue weighted by molar-refractivity contribution is 5.96. The van der Waals surface area contributed by atoms with E-state index < -0.39 is 6.09 Å². The summed E-state index contributed by atoms with van der Waals surface area (Å²) < 4.78 is 15.4. The van der Waals surface area contributed by atoms with Gasteiger partial charge in [-0.2, -0.15) is 10.4 Å². The number of anilines is 1. The lowest BCUT2D eigenvalue weighted by atomic mass is 9.92. The lowest BCUT2D eigenvalue weighted by Crippen LogP contribution is -2.18. The molecule has 38 heavy (non-hydrogen) atoms. The maximum atomic E-state index is 12.3. The Kier molecular flexibility index (Phi) is 6.30. The second-order valence-corrected chi connectivity index (χ2v) is 9.73. The fourth-order valence-corrected chi connectivity index (χ4v) is 4.89. The number of nitrogens with one attached hydrogen (secondary N) is 1. The van der Waals surface area contributed by atoms with Crippen molar-refractivity contribution >= 4 is 22.7 Å². The van der Waals surface area contributed by atoms with Crippen molar-refractivity contribution in [3.63, 3.8) is 0 Å². The maximum Gasteiger partial charge on any atom is 0.416 e. The highest BCUT2D eigenvalue weighted by Crippen LogP contribution is 2.43. The Morgan fingerprint density at radius 2 is 2.00 bits per heavy atom. The Labute approximate surface area is 220 Å². The van der Waals surface area contributed by atoms with Crippen molar-refractivity contribution in [2.24, 2.45) is 0 Å². The van der Waals surface area contributed by atoms with Crippen molar-refractivity contribution in [2.45, 2.75) is 51.6 Å². The van der Waals surface area contributed by atoms with E-state index in [1.165, 1.54) is 18.3 Å². The summed E-state index contributed by atoms with van der Waals surface area (Å²) >= 11 is 0. The number of hydrogen-bond donors (Lipinski definition) is 1. The molecule has 9 nitrogen and oxygen atoms in total. The van der Waals surface area contributed by atoms with Crippen LogP contribution in [0.4, 0.5) is 10.5 Å². The summed E-state index contributed by atoms with van der Waals surface area (Å²) in [5.41, 5.74) is 5.29. The molecule has 2 saturated carbocycles. The Balaban J connectivity index is 1.29. The largest absolute Gasteiger partial charge is 0.492 e. The zero-order chi connectivity index (χ0) is 26.1. The van der Waals surface area contributed by atoms with E-state index in [1.807, 2.05) is 49.4 Å². The van der Waals surface area contributed by atoms with Crippen LogP contribution in [0.5, 0.6) is 5.75 Å². The van der Waals surface area contributed by atoms with E-state index in [9.17, 15) is 10.1 Å². The number of ether oxygens (including phenoxy) is 2. The number of amides is 1. The molecule has 2 aliphatic rings. The molecular weight excluding hydrogens is 480 g/mol. The number of rotatable bonds is 8. The Morgan fingerprint density at radius 3 is 2.66 bits per heavy atom. The first-order chi connectivity index (χ1) is 18.6. The molecule has 9 heteroatoms. The summed E-state index contributed by atoms with van der Waals surface area (Å²) in [4.78, 5) is 16.2. The van der Waals surface area contributed by atoms with Gasteiger partial charge in [-0.15, -0.1) is 0 Å². The van der Waals surface area contributed by atoms with Gasteiger partial charge in [-0.25, -0.2) is 14.5 Å². The fourth-order valence-electron chi connectivity index (χ4n) is 4.89. The number of nitrogens with zero attached hydrogens (tertiary/aromatic N) is 5. The number of aromatic nitrogens is 4. The molecule has 0 atom stereocenters. The van der Waals surface area contributed by atoms with Crippen LogP contribution in [0, 0.1) is 11.3 Å². The molecule has 0 aliphatic heterocycles. The SMILES string of the molecule is CC(OC(=O)Nc1ccc(-c2c(C#N)c3ccc(OCCn4cncn4)cc3n2C2CCC2)cc1)=C1CC1. The molecule has 192 valence electrons. The smallest absolute Gasteiger partial charge is 0.416 e. The number of nitriles is 1. The van der Waals surface area contributed by atoms with Gasteiger partial charge in [0.2, 0.25) is 0 Å². The summed E-state index contributed by atoms with van der Waals surface area (Å²) in [5.74, 6) is 1.44. The van der Waals surface area contributed by atoms with Crippen LogP contribution in [-0.4, -0.2) is 32.0 Å². The van der Waals surface area contributed by atoms with Crippen molar-refractivity contribution in [3.8, 4) is 23.1 Å². The van der Waals surface area contributed by atoms with E-state index in [-0.39, 0.29) is 0 Å². The van der Waals surface area contributed by atoms with Gasteiger partial charge in [0.05, 0.1) is 23.3 Å². The van der Waals surface area contributed by atoms with Gasteiger partial charge in [0.15, 0.2) is 0 Å². The zero-order valence-electron chi connectivity index (χ0n) is 21.2. The second-order valence-electron chi connectivity index (χ2n) is 9.73. The molecule has 6 rings (SSSR count). The normalized spacial score (nSPS) is 14.6. The Morgan fingerprint density at radius 1 is 1.18 bits per heavy atom. The van der Waals surface area contributed by atoms with Crippen molar-refractivity contribution in [1.29, 1.82) is 5.26 Å². The quantitative estimate of drug-likeness (QED) is 0.284. The van der Waals surface area contributed by atoms with Crippen molar-refractivity contribution in [3.05, 3.63) is 72.0 Å². The molecule has 0 spiro atoms. The predicted octanol–water partition coefficient (Wildman–Crippen LogP) is 6.19. The van der Waals surface area contributed by atoms with Gasteiger partial charge in [-0.05, 0) is 74.4 Å². The molecule has 2 aromatic heterocycles. The molecular formula is C29H28N6O3. The average molecular weight is 509 g/mol. The summed E-state index contributed by atoms with van der Waals surface area (Å²) in [6.07, 6.45) is 7.98. The summed E-state index contributed by atoms with van der Waals surface area (Å²) in [7, 11) is 0. The number of carbonyl (C=O) groups is 1. The zero-order valence-corrected chi connectivity index (χ0v) is 21.2.